The fourth-order valence-electron chi connectivity index (χ4n) is 3.03. The van der Waals surface area contributed by atoms with Crippen molar-refractivity contribution in [1.29, 1.82) is 0 Å². The van der Waals surface area contributed by atoms with Gasteiger partial charge in [-0.2, -0.15) is 0 Å². The topological polar surface area (TPSA) is 18.5 Å². The van der Waals surface area contributed by atoms with Gasteiger partial charge in [0, 0.05) is 4.47 Å². The zero-order valence-corrected chi connectivity index (χ0v) is 16.1. The van der Waals surface area contributed by atoms with Crippen molar-refractivity contribution in [2.45, 2.75) is 58.2 Å². The third-order valence-corrected chi connectivity index (χ3v) is 6.57. The number of benzene rings is 1. The summed E-state index contributed by atoms with van der Waals surface area (Å²) in [4.78, 5) is 0. The summed E-state index contributed by atoms with van der Waals surface area (Å²) in [5.74, 6) is 0. The minimum atomic E-state index is -0.949. The van der Waals surface area contributed by atoms with Crippen LogP contribution in [0.4, 0.5) is 4.39 Å². The van der Waals surface area contributed by atoms with Gasteiger partial charge >= 0.3 is 7.12 Å². The molecule has 1 aliphatic carbocycles. The molecule has 0 unspecified atom stereocenters. The molecule has 0 amide bonds. The molecule has 0 radical (unpaired) electrons. The number of hydrogen-bond acceptors (Lipinski definition) is 2. The molecule has 1 aliphatic heterocycles. The fourth-order valence-corrected chi connectivity index (χ4v) is 3.75. The molecule has 2 nitrogen and oxygen atoms in total. The molecule has 6 heteroatoms. The van der Waals surface area contributed by atoms with Gasteiger partial charge in [-0.1, -0.05) is 17.7 Å². The van der Waals surface area contributed by atoms with Crippen LogP contribution in [0.3, 0.4) is 0 Å². The van der Waals surface area contributed by atoms with E-state index in [1.54, 1.807) is 6.07 Å². The van der Waals surface area contributed by atoms with Crippen molar-refractivity contribution in [3.05, 3.63) is 38.5 Å². The minimum Gasteiger partial charge on any atom is -0.398 e. The van der Waals surface area contributed by atoms with Crippen LogP contribution in [0.2, 0.25) is 5.02 Å². The van der Waals surface area contributed by atoms with E-state index in [9.17, 15) is 0 Å². The van der Waals surface area contributed by atoms with Crippen molar-refractivity contribution in [2.75, 3.05) is 0 Å². The third kappa shape index (κ3) is 2.90. The number of rotatable bonds is 1. The Morgan fingerprint density at radius 2 is 1.78 bits per heavy atom. The summed E-state index contributed by atoms with van der Waals surface area (Å²) in [5, 5.41) is 0.654. The molecule has 1 aromatic carbocycles. The summed E-state index contributed by atoms with van der Waals surface area (Å²) in [5.41, 5.74) is 1.22. The first-order valence-electron chi connectivity index (χ1n) is 7.85. The van der Waals surface area contributed by atoms with Gasteiger partial charge in [-0.15, -0.1) is 0 Å². The molecule has 0 N–H and O–H groups in total. The monoisotopic (exact) mass is 400 g/mol. The first-order valence-corrected chi connectivity index (χ1v) is 9.02. The maximum absolute atomic E-state index is 15.2. The molecule has 23 heavy (non-hydrogen) atoms. The molecule has 0 atom stereocenters. The van der Waals surface area contributed by atoms with Crippen LogP contribution in [0.25, 0.3) is 5.57 Å². The van der Waals surface area contributed by atoms with Gasteiger partial charge in [0.05, 0.1) is 16.2 Å². The van der Waals surface area contributed by atoms with Crippen molar-refractivity contribution in [2.24, 2.45) is 0 Å². The van der Waals surface area contributed by atoms with Gasteiger partial charge in [-0.05, 0) is 85.7 Å². The van der Waals surface area contributed by atoms with Crippen LogP contribution in [-0.2, 0) is 15.7 Å². The van der Waals surface area contributed by atoms with Gasteiger partial charge < -0.3 is 9.31 Å². The van der Waals surface area contributed by atoms with E-state index in [1.165, 1.54) is 0 Å². The standard InChI is InChI=1S/C17H20BBrClFO2/c1-16(2)17(3,4)23-18(22-16)15(21)12-7-5-6-11-10(12)8-9-13(20)14(11)19/h8-9H,5-7H2,1-4H3. The quantitative estimate of drug-likeness (QED) is 0.558. The Morgan fingerprint density at radius 1 is 1.17 bits per heavy atom. The molecule has 0 bridgehead atoms. The van der Waals surface area contributed by atoms with E-state index in [2.05, 4.69) is 15.9 Å². The Kier molecular flexibility index (Phi) is 4.46. The molecule has 0 aromatic heterocycles. The van der Waals surface area contributed by atoms with Gasteiger partial charge in [-0.25, -0.2) is 4.39 Å². The van der Waals surface area contributed by atoms with Crippen molar-refractivity contribution in [3.8, 4) is 0 Å². The van der Waals surface area contributed by atoms with Gasteiger partial charge in [0.2, 0.25) is 0 Å². The lowest BCUT2D eigenvalue weighted by atomic mass is 9.77. The molecule has 1 fully saturated rings. The largest absolute Gasteiger partial charge is 0.525 e. The molecule has 0 spiro atoms. The van der Waals surface area contributed by atoms with E-state index in [4.69, 9.17) is 20.9 Å². The van der Waals surface area contributed by atoms with E-state index >= 15 is 4.39 Å². The maximum atomic E-state index is 15.2. The summed E-state index contributed by atoms with van der Waals surface area (Å²) in [6.07, 6.45) is 2.45. The summed E-state index contributed by atoms with van der Waals surface area (Å²) in [7, 11) is -0.949. The minimum absolute atomic E-state index is 0.321. The Hall–Kier alpha value is -0.355. The zero-order chi connectivity index (χ0) is 17.0. The van der Waals surface area contributed by atoms with Crippen LogP contribution in [0.5, 0.6) is 0 Å². The van der Waals surface area contributed by atoms with Crippen LogP contribution in [0.1, 0.15) is 51.7 Å². The molecule has 3 rings (SSSR count). The molecule has 1 saturated heterocycles. The highest BCUT2D eigenvalue weighted by molar-refractivity contribution is 9.10. The summed E-state index contributed by atoms with van der Waals surface area (Å²) < 4.78 is 27.7. The number of halogens is 3. The normalized spacial score (nSPS) is 24.6. The lowest BCUT2D eigenvalue weighted by molar-refractivity contribution is 0.00578. The molecular formula is C17H20BBrClFO2. The number of fused-ring (bicyclic) bond motifs is 1. The van der Waals surface area contributed by atoms with Crippen LogP contribution in [0, 0.1) is 0 Å². The lowest BCUT2D eigenvalue weighted by Gasteiger charge is -2.32. The Labute approximate surface area is 150 Å². The van der Waals surface area contributed by atoms with Crippen LogP contribution >= 0.6 is 27.5 Å². The van der Waals surface area contributed by atoms with E-state index in [0.717, 1.165) is 28.4 Å². The Balaban J connectivity index is 2.03. The SMILES string of the molecule is CC1(C)OB(C(F)=C2CCCc3c2ccc(Cl)c3Br)OC1(C)C. The van der Waals surface area contributed by atoms with Crippen molar-refractivity contribution in [1.82, 2.24) is 0 Å². The predicted molar refractivity (Wildman–Crippen MR) is 96.2 cm³/mol. The number of hydrogen-bond donors (Lipinski definition) is 0. The Bertz CT molecular complexity index is 671. The van der Waals surface area contributed by atoms with Crippen molar-refractivity contribution >= 4 is 40.2 Å². The molecular weight excluding hydrogens is 381 g/mol. The summed E-state index contributed by atoms with van der Waals surface area (Å²) >= 11 is 9.69. The van der Waals surface area contributed by atoms with Crippen molar-refractivity contribution in [3.63, 3.8) is 0 Å². The predicted octanol–water partition coefficient (Wildman–Crippen LogP) is 5.75. The summed E-state index contributed by atoms with van der Waals surface area (Å²) in [6, 6.07) is 3.69. The maximum Gasteiger partial charge on any atom is 0.525 e. The second-order valence-electron chi connectivity index (χ2n) is 7.16. The van der Waals surface area contributed by atoms with E-state index < -0.39 is 18.3 Å². The molecule has 1 aromatic rings. The third-order valence-electron chi connectivity index (χ3n) is 5.12. The second-order valence-corrected chi connectivity index (χ2v) is 8.36. The van der Waals surface area contributed by atoms with Gasteiger partial charge in [0.1, 0.15) is 5.73 Å². The van der Waals surface area contributed by atoms with Crippen LogP contribution < -0.4 is 0 Å². The Morgan fingerprint density at radius 3 is 2.39 bits per heavy atom. The highest BCUT2D eigenvalue weighted by atomic mass is 79.9. The van der Waals surface area contributed by atoms with E-state index in [1.807, 2.05) is 33.8 Å². The van der Waals surface area contributed by atoms with Gasteiger partial charge in [-0.3, -0.25) is 0 Å². The van der Waals surface area contributed by atoms with Crippen LogP contribution in [-0.4, -0.2) is 18.3 Å². The first kappa shape index (κ1) is 17.5. The average molecular weight is 402 g/mol. The van der Waals surface area contributed by atoms with Gasteiger partial charge in [0.15, 0.2) is 0 Å². The summed E-state index contributed by atoms with van der Waals surface area (Å²) in [6.45, 7) is 7.71. The molecule has 0 saturated carbocycles. The van der Waals surface area contributed by atoms with Gasteiger partial charge in [0.25, 0.3) is 0 Å². The molecule has 124 valence electrons. The van der Waals surface area contributed by atoms with E-state index in [-0.39, 0.29) is 5.73 Å². The van der Waals surface area contributed by atoms with Crippen molar-refractivity contribution < 1.29 is 13.7 Å². The molecule has 1 heterocycles. The zero-order valence-electron chi connectivity index (χ0n) is 13.8. The smallest absolute Gasteiger partial charge is 0.398 e. The first-order chi connectivity index (χ1) is 10.6. The highest BCUT2D eigenvalue weighted by Crippen LogP contribution is 2.44. The second kappa shape index (κ2) is 5.87. The lowest BCUT2D eigenvalue weighted by Crippen LogP contribution is -2.41. The molecule has 2 aliphatic rings. The fraction of sp³-hybridized carbons (Fsp3) is 0.529. The highest BCUT2D eigenvalue weighted by Gasteiger charge is 2.53. The van der Waals surface area contributed by atoms with Crippen LogP contribution in [0.15, 0.2) is 22.3 Å². The van der Waals surface area contributed by atoms with E-state index in [0.29, 0.717) is 17.0 Å². The number of allylic oxidation sites excluding steroid dienone is 1. The average Bonchev–Trinajstić information content (AvgIpc) is 2.70.